The van der Waals surface area contributed by atoms with Crippen LogP contribution in [0.1, 0.15) is 27.7 Å². The maximum Gasteiger partial charge on any atom is 0.0192 e. The van der Waals surface area contributed by atoms with E-state index in [2.05, 4.69) is 55.2 Å². The monoisotopic (exact) mass is 232 g/mol. The molecule has 0 amide bonds. The van der Waals surface area contributed by atoms with Crippen molar-refractivity contribution < 1.29 is 0 Å². The molecular weight excluding hydrogens is 204 g/mol. The fourth-order valence-corrected chi connectivity index (χ4v) is 5.58. The highest BCUT2D eigenvalue weighted by molar-refractivity contribution is 8.29. The average molecular weight is 232 g/mol. The van der Waals surface area contributed by atoms with E-state index < -0.39 is 10.4 Å². The first-order chi connectivity index (χ1) is 7.10. The molecule has 0 aliphatic rings. The van der Waals surface area contributed by atoms with Gasteiger partial charge in [-0.05, 0) is 6.26 Å². The summed E-state index contributed by atoms with van der Waals surface area (Å²) in [5.41, 5.74) is 0. The number of hydrogen-bond donors (Lipinski definition) is 0. The van der Waals surface area contributed by atoms with Gasteiger partial charge < -0.3 is 0 Å². The normalized spacial score (nSPS) is 13.5. The van der Waals surface area contributed by atoms with Crippen molar-refractivity contribution in [1.82, 2.24) is 8.61 Å². The van der Waals surface area contributed by atoms with Crippen LogP contribution in [0.25, 0.3) is 0 Å². The summed E-state index contributed by atoms with van der Waals surface area (Å²) in [6.45, 7) is 17.4. The standard InChI is InChI=1S/C12H28N2S/c1-7-12-15(6,13(8-2)9-3)14(10-4)11-5/h7H,1,8-12H2,2-6H3. The zero-order chi connectivity index (χ0) is 11.9. The summed E-state index contributed by atoms with van der Waals surface area (Å²) < 4.78 is 5.20. The maximum atomic E-state index is 3.92. The zero-order valence-corrected chi connectivity index (χ0v) is 11.9. The largest absolute Gasteiger partial charge is 0.257 e. The second-order valence-electron chi connectivity index (χ2n) is 3.68. The van der Waals surface area contributed by atoms with Gasteiger partial charge >= 0.3 is 0 Å². The van der Waals surface area contributed by atoms with E-state index >= 15 is 0 Å². The van der Waals surface area contributed by atoms with Crippen molar-refractivity contribution in [1.29, 1.82) is 0 Å². The van der Waals surface area contributed by atoms with Gasteiger partial charge in [-0.15, -0.1) is 17.0 Å². The van der Waals surface area contributed by atoms with Crippen molar-refractivity contribution in [3.63, 3.8) is 0 Å². The Kier molecular flexibility index (Phi) is 7.32. The van der Waals surface area contributed by atoms with Crippen molar-refractivity contribution in [2.75, 3.05) is 38.2 Å². The predicted octanol–water partition coefficient (Wildman–Crippen LogP) is 3.12. The molecule has 2 nitrogen and oxygen atoms in total. The van der Waals surface area contributed by atoms with Crippen LogP contribution in [-0.4, -0.2) is 46.8 Å². The van der Waals surface area contributed by atoms with Crippen LogP contribution in [0.15, 0.2) is 12.7 Å². The minimum Gasteiger partial charge on any atom is -0.257 e. The van der Waals surface area contributed by atoms with Crippen molar-refractivity contribution in [3.8, 4) is 0 Å². The lowest BCUT2D eigenvalue weighted by molar-refractivity contribution is 0.432. The van der Waals surface area contributed by atoms with Crippen LogP contribution in [0.4, 0.5) is 0 Å². The summed E-state index contributed by atoms with van der Waals surface area (Å²) in [7, 11) is -0.822. The van der Waals surface area contributed by atoms with Gasteiger partial charge in [-0.1, -0.05) is 33.8 Å². The Balaban J connectivity index is 4.90. The quantitative estimate of drug-likeness (QED) is 0.593. The van der Waals surface area contributed by atoms with Gasteiger partial charge in [0.2, 0.25) is 0 Å². The molecule has 0 aromatic rings. The van der Waals surface area contributed by atoms with E-state index in [4.69, 9.17) is 0 Å². The molecule has 0 fully saturated rings. The minimum atomic E-state index is -0.822. The fourth-order valence-electron chi connectivity index (χ4n) is 2.16. The molecule has 0 aliphatic carbocycles. The van der Waals surface area contributed by atoms with Crippen LogP contribution in [0, 0.1) is 0 Å². The van der Waals surface area contributed by atoms with Gasteiger partial charge in [-0.3, -0.25) is 8.61 Å². The van der Waals surface area contributed by atoms with Gasteiger partial charge in [-0.25, -0.2) is 0 Å². The lowest BCUT2D eigenvalue weighted by Crippen LogP contribution is -2.40. The molecule has 0 atom stereocenters. The second kappa shape index (κ2) is 7.31. The van der Waals surface area contributed by atoms with Crippen LogP contribution in [0.3, 0.4) is 0 Å². The van der Waals surface area contributed by atoms with E-state index in [0.29, 0.717) is 0 Å². The molecule has 0 heterocycles. The first kappa shape index (κ1) is 15.0. The molecule has 0 radical (unpaired) electrons. The molecule has 0 rings (SSSR count). The number of nitrogens with zero attached hydrogens (tertiary/aromatic N) is 2. The molecule has 0 aliphatic heterocycles. The van der Waals surface area contributed by atoms with Crippen LogP contribution < -0.4 is 0 Å². The molecule has 3 heteroatoms. The van der Waals surface area contributed by atoms with Crippen LogP contribution in [-0.2, 0) is 0 Å². The Morgan fingerprint density at radius 1 is 0.933 bits per heavy atom. The molecule has 15 heavy (non-hydrogen) atoms. The third-order valence-corrected chi connectivity index (χ3v) is 7.08. The van der Waals surface area contributed by atoms with Crippen LogP contribution >= 0.6 is 10.4 Å². The Labute approximate surface area is 97.9 Å². The van der Waals surface area contributed by atoms with Gasteiger partial charge in [-0.2, -0.15) is 0 Å². The van der Waals surface area contributed by atoms with Crippen molar-refractivity contribution in [3.05, 3.63) is 12.7 Å². The molecule has 0 spiro atoms. The van der Waals surface area contributed by atoms with Gasteiger partial charge in [0.1, 0.15) is 0 Å². The summed E-state index contributed by atoms with van der Waals surface area (Å²) in [5, 5.41) is 0. The number of rotatable bonds is 8. The first-order valence-electron chi connectivity index (χ1n) is 5.97. The highest BCUT2D eigenvalue weighted by Crippen LogP contribution is 2.50. The van der Waals surface area contributed by atoms with E-state index in [9.17, 15) is 0 Å². The van der Waals surface area contributed by atoms with E-state index in [1.807, 2.05) is 0 Å². The Morgan fingerprint density at radius 3 is 1.47 bits per heavy atom. The van der Waals surface area contributed by atoms with Gasteiger partial charge in [0.25, 0.3) is 0 Å². The highest BCUT2D eigenvalue weighted by Gasteiger charge is 2.28. The Morgan fingerprint density at radius 2 is 1.27 bits per heavy atom. The summed E-state index contributed by atoms with van der Waals surface area (Å²) >= 11 is 0. The SMILES string of the molecule is C=CCS(C)(N(CC)CC)N(CC)CC. The summed E-state index contributed by atoms with van der Waals surface area (Å²) in [6, 6.07) is 0. The van der Waals surface area contributed by atoms with Crippen molar-refractivity contribution in [2.24, 2.45) is 0 Å². The molecule has 0 aromatic carbocycles. The maximum absolute atomic E-state index is 3.92. The molecule has 0 saturated heterocycles. The lowest BCUT2D eigenvalue weighted by atomic mass is 10.7. The van der Waals surface area contributed by atoms with Crippen molar-refractivity contribution in [2.45, 2.75) is 27.7 Å². The van der Waals surface area contributed by atoms with Crippen LogP contribution in [0.5, 0.6) is 0 Å². The highest BCUT2D eigenvalue weighted by atomic mass is 32.3. The molecule has 0 saturated carbocycles. The average Bonchev–Trinajstić information content (AvgIpc) is 2.21. The third-order valence-electron chi connectivity index (χ3n) is 2.96. The molecule has 0 N–H and O–H groups in total. The topological polar surface area (TPSA) is 6.48 Å². The fraction of sp³-hybridized carbons (Fsp3) is 0.833. The predicted molar refractivity (Wildman–Crippen MR) is 74.4 cm³/mol. The summed E-state index contributed by atoms with van der Waals surface area (Å²) in [6.07, 6.45) is 4.49. The van der Waals surface area contributed by atoms with E-state index in [1.165, 1.54) is 0 Å². The van der Waals surface area contributed by atoms with Crippen LogP contribution in [0.2, 0.25) is 0 Å². The smallest absolute Gasteiger partial charge is 0.0192 e. The third kappa shape index (κ3) is 3.51. The summed E-state index contributed by atoms with van der Waals surface area (Å²) in [4.78, 5) is 0. The number of hydrogen-bond acceptors (Lipinski definition) is 2. The molecule has 0 aromatic heterocycles. The van der Waals surface area contributed by atoms with Gasteiger partial charge in [0.15, 0.2) is 0 Å². The Hall–Kier alpha value is 0.01000. The molecule has 0 bridgehead atoms. The first-order valence-corrected chi connectivity index (χ1v) is 8.10. The van der Waals surface area contributed by atoms with E-state index in [-0.39, 0.29) is 0 Å². The lowest BCUT2D eigenvalue weighted by Gasteiger charge is -2.52. The minimum absolute atomic E-state index is 0.822. The van der Waals surface area contributed by atoms with Crippen molar-refractivity contribution >= 4 is 10.4 Å². The molecule has 0 unspecified atom stereocenters. The van der Waals surface area contributed by atoms with Gasteiger partial charge in [0.05, 0.1) is 0 Å². The summed E-state index contributed by atoms with van der Waals surface area (Å²) in [5.74, 6) is 1.11. The molecule has 92 valence electrons. The van der Waals surface area contributed by atoms with E-state index in [0.717, 1.165) is 31.9 Å². The van der Waals surface area contributed by atoms with E-state index in [1.54, 1.807) is 0 Å². The molecular formula is C12H28N2S. The Bertz CT molecular complexity index is 162. The van der Waals surface area contributed by atoms with Gasteiger partial charge in [0, 0.05) is 31.9 Å². The second-order valence-corrected chi connectivity index (χ2v) is 7.03. The zero-order valence-electron chi connectivity index (χ0n) is 11.1.